The first-order chi connectivity index (χ1) is 13.7. The van der Waals surface area contributed by atoms with Crippen LogP contribution in [-0.4, -0.2) is 43.5 Å². The zero-order chi connectivity index (χ0) is 19.3. The fourth-order valence-corrected chi connectivity index (χ4v) is 3.81. The molecule has 1 aromatic carbocycles. The normalized spacial score (nSPS) is 16.1. The molecule has 0 radical (unpaired) electrons. The molecule has 1 amide bonds. The molecule has 0 spiro atoms. The molecule has 0 saturated carbocycles. The summed E-state index contributed by atoms with van der Waals surface area (Å²) in [5.41, 5.74) is 1.83. The van der Waals surface area contributed by atoms with E-state index >= 15 is 0 Å². The summed E-state index contributed by atoms with van der Waals surface area (Å²) in [6, 6.07) is 13.1. The van der Waals surface area contributed by atoms with E-state index in [1.807, 2.05) is 42.7 Å². The number of carbonyl (C=O) groups excluding carboxylic acids is 1. The summed E-state index contributed by atoms with van der Waals surface area (Å²) >= 11 is 0. The molecule has 144 valence electrons. The van der Waals surface area contributed by atoms with Crippen LogP contribution in [0.15, 0.2) is 67.3 Å². The Labute approximate surface area is 164 Å². The highest BCUT2D eigenvalue weighted by Crippen LogP contribution is 2.29. The number of benzene rings is 1. The number of pyridine rings is 1. The van der Waals surface area contributed by atoms with Gasteiger partial charge in [-0.1, -0.05) is 30.3 Å². The van der Waals surface area contributed by atoms with Crippen LogP contribution in [0.25, 0.3) is 0 Å². The van der Waals surface area contributed by atoms with Gasteiger partial charge in [-0.3, -0.25) is 9.78 Å². The SMILES string of the molecule is O=C([C@H](O)c1ccccc1)N1CCC(c2nccn2Cc2ccncc2)CC1. The van der Waals surface area contributed by atoms with Crippen molar-refractivity contribution >= 4 is 5.91 Å². The number of rotatable bonds is 5. The minimum absolute atomic E-state index is 0.218. The van der Waals surface area contributed by atoms with Gasteiger partial charge >= 0.3 is 0 Å². The maximum absolute atomic E-state index is 12.6. The first-order valence-corrected chi connectivity index (χ1v) is 9.64. The highest BCUT2D eigenvalue weighted by atomic mass is 16.3. The molecule has 28 heavy (non-hydrogen) atoms. The fourth-order valence-electron chi connectivity index (χ4n) is 3.81. The number of aromatic nitrogens is 3. The van der Waals surface area contributed by atoms with E-state index in [4.69, 9.17) is 0 Å². The van der Waals surface area contributed by atoms with E-state index in [-0.39, 0.29) is 5.91 Å². The minimum Gasteiger partial charge on any atom is -0.378 e. The molecular formula is C22H24N4O2. The lowest BCUT2D eigenvalue weighted by Crippen LogP contribution is -2.41. The second-order valence-electron chi connectivity index (χ2n) is 7.18. The third kappa shape index (κ3) is 3.97. The highest BCUT2D eigenvalue weighted by molar-refractivity contribution is 5.82. The molecule has 3 heterocycles. The predicted octanol–water partition coefficient (Wildman–Crippen LogP) is 2.77. The van der Waals surface area contributed by atoms with Crippen molar-refractivity contribution in [1.82, 2.24) is 19.4 Å². The first-order valence-electron chi connectivity index (χ1n) is 9.64. The topological polar surface area (TPSA) is 71.2 Å². The van der Waals surface area contributed by atoms with Crippen molar-refractivity contribution in [3.05, 3.63) is 84.2 Å². The van der Waals surface area contributed by atoms with Crippen LogP contribution in [0.4, 0.5) is 0 Å². The first kappa shape index (κ1) is 18.4. The number of piperidine rings is 1. The lowest BCUT2D eigenvalue weighted by Gasteiger charge is -2.33. The van der Waals surface area contributed by atoms with Gasteiger partial charge in [0.2, 0.25) is 0 Å². The Kier molecular flexibility index (Phi) is 5.48. The van der Waals surface area contributed by atoms with Gasteiger partial charge in [0.1, 0.15) is 5.82 Å². The van der Waals surface area contributed by atoms with Crippen molar-refractivity contribution in [3.8, 4) is 0 Å². The lowest BCUT2D eigenvalue weighted by molar-refractivity contribution is -0.141. The van der Waals surface area contributed by atoms with Gasteiger partial charge in [-0.05, 0) is 36.1 Å². The summed E-state index contributed by atoms with van der Waals surface area (Å²) in [5, 5.41) is 10.4. The average Bonchev–Trinajstić information content (AvgIpc) is 3.22. The van der Waals surface area contributed by atoms with Crippen LogP contribution >= 0.6 is 0 Å². The van der Waals surface area contributed by atoms with Gasteiger partial charge in [-0.25, -0.2) is 4.98 Å². The molecular weight excluding hydrogens is 352 g/mol. The summed E-state index contributed by atoms with van der Waals surface area (Å²) in [6.45, 7) is 2.04. The number of aliphatic hydroxyl groups is 1. The Balaban J connectivity index is 1.38. The molecule has 0 unspecified atom stereocenters. The van der Waals surface area contributed by atoms with E-state index in [1.165, 1.54) is 5.56 Å². The maximum Gasteiger partial charge on any atom is 0.256 e. The number of carbonyl (C=O) groups is 1. The van der Waals surface area contributed by atoms with Crippen molar-refractivity contribution in [1.29, 1.82) is 0 Å². The van der Waals surface area contributed by atoms with Crippen LogP contribution in [0.1, 0.15) is 41.8 Å². The number of amides is 1. The number of aliphatic hydroxyl groups excluding tert-OH is 1. The van der Waals surface area contributed by atoms with Gasteiger partial charge in [0, 0.05) is 50.3 Å². The molecule has 4 rings (SSSR count). The number of imidazole rings is 1. The Hall–Kier alpha value is -2.99. The molecule has 3 aromatic rings. The molecule has 0 aliphatic carbocycles. The summed E-state index contributed by atoms with van der Waals surface area (Å²) in [5.74, 6) is 1.16. The monoisotopic (exact) mass is 376 g/mol. The van der Waals surface area contributed by atoms with Gasteiger partial charge < -0.3 is 14.6 Å². The molecule has 1 fully saturated rings. The molecule has 6 heteroatoms. The number of hydrogen-bond donors (Lipinski definition) is 1. The third-order valence-corrected chi connectivity index (χ3v) is 5.37. The van der Waals surface area contributed by atoms with E-state index in [2.05, 4.69) is 14.5 Å². The highest BCUT2D eigenvalue weighted by Gasteiger charge is 2.30. The molecule has 0 bridgehead atoms. The van der Waals surface area contributed by atoms with Crippen LogP contribution in [0.5, 0.6) is 0 Å². The van der Waals surface area contributed by atoms with Gasteiger partial charge in [-0.2, -0.15) is 0 Å². The molecule has 1 saturated heterocycles. The van der Waals surface area contributed by atoms with Crippen LogP contribution in [-0.2, 0) is 11.3 Å². The molecule has 1 atom stereocenters. The van der Waals surface area contributed by atoms with Crippen molar-refractivity contribution in [2.45, 2.75) is 31.4 Å². The Morgan fingerprint density at radius 3 is 2.50 bits per heavy atom. The van der Waals surface area contributed by atoms with Crippen LogP contribution in [0.3, 0.4) is 0 Å². The summed E-state index contributed by atoms with van der Waals surface area (Å²) in [6.07, 6.45) is 8.05. The summed E-state index contributed by atoms with van der Waals surface area (Å²) < 4.78 is 2.18. The van der Waals surface area contributed by atoms with Gasteiger partial charge in [-0.15, -0.1) is 0 Å². The van der Waals surface area contributed by atoms with Gasteiger partial charge in [0.15, 0.2) is 6.10 Å². The van der Waals surface area contributed by atoms with E-state index in [1.54, 1.807) is 29.4 Å². The fraction of sp³-hybridized carbons (Fsp3) is 0.318. The number of nitrogens with zero attached hydrogens (tertiary/aromatic N) is 4. The average molecular weight is 376 g/mol. The molecule has 6 nitrogen and oxygen atoms in total. The molecule has 2 aromatic heterocycles. The Morgan fingerprint density at radius 1 is 1.07 bits per heavy atom. The second kappa shape index (κ2) is 8.35. The molecule has 1 aliphatic heterocycles. The standard InChI is InChI=1S/C22H24N4O2/c27-20(18-4-2-1-3-5-18)22(28)25-13-8-19(9-14-25)21-24-12-15-26(21)16-17-6-10-23-11-7-17/h1-7,10-12,15,19-20,27H,8-9,13-14,16H2/t20-/m1/s1. The van der Waals surface area contributed by atoms with E-state index in [0.717, 1.165) is 25.2 Å². The summed E-state index contributed by atoms with van der Waals surface area (Å²) in [7, 11) is 0. The van der Waals surface area contributed by atoms with E-state index < -0.39 is 6.10 Å². The van der Waals surface area contributed by atoms with E-state index in [0.29, 0.717) is 24.6 Å². The Bertz CT molecular complexity index is 903. The number of hydrogen-bond acceptors (Lipinski definition) is 4. The predicted molar refractivity (Wildman–Crippen MR) is 106 cm³/mol. The lowest BCUT2D eigenvalue weighted by atomic mass is 9.95. The van der Waals surface area contributed by atoms with Crippen LogP contribution in [0.2, 0.25) is 0 Å². The largest absolute Gasteiger partial charge is 0.378 e. The zero-order valence-corrected chi connectivity index (χ0v) is 15.7. The number of likely N-dealkylation sites (tertiary alicyclic amines) is 1. The van der Waals surface area contributed by atoms with Crippen LogP contribution < -0.4 is 0 Å². The van der Waals surface area contributed by atoms with Crippen molar-refractivity contribution in [2.24, 2.45) is 0 Å². The maximum atomic E-state index is 12.6. The molecule has 1 aliphatic rings. The van der Waals surface area contributed by atoms with Crippen LogP contribution in [0, 0.1) is 0 Å². The summed E-state index contributed by atoms with van der Waals surface area (Å²) in [4.78, 5) is 23.1. The third-order valence-electron chi connectivity index (χ3n) is 5.37. The van der Waals surface area contributed by atoms with Gasteiger partial charge in [0.25, 0.3) is 5.91 Å². The van der Waals surface area contributed by atoms with Crippen molar-refractivity contribution in [3.63, 3.8) is 0 Å². The Morgan fingerprint density at radius 2 is 1.79 bits per heavy atom. The van der Waals surface area contributed by atoms with E-state index in [9.17, 15) is 9.90 Å². The quantitative estimate of drug-likeness (QED) is 0.743. The van der Waals surface area contributed by atoms with Crippen molar-refractivity contribution < 1.29 is 9.90 Å². The van der Waals surface area contributed by atoms with Crippen molar-refractivity contribution in [2.75, 3.05) is 13.1 Å². The molecule has 1 N–H and O–H groups in total. The smallest absolute Gasteiger partial charge is 0.256 e. The zero-order valence-electron chi connectivity index (χ0n) is 15.7. The second-order valence-corrected chi connectivity index (χ2v) is 7.18. The van der Waals surface area contributed by atoms with Gasteiger partial charge in [0.05, 0.1) is 0 Å². The minimum atomic E-state index is -1.09.